The van der Waals surface area contributed by atoms with E-state index in [0.29, 0.717) is 16.4 Å². The third-order valence-electron chi connectivity index (χ3n) is 3.04. The van der Waals surface area contributed by atoms with Gasteiger partial charge in [0, 0.05) is 23.0 Å². The molecule has 0 atom stereocenters. The van der Waals surface area contributed by atoms with Crippen LogP contribution in [0.1, 0.15) is 14.5 Å². The SMILES string of the molecule is O=C(O)c1ccc(CNc2ccc(Cl)c3cccnc23)s1. The van der Waals surface area contributed by atoms with E-state index in [1.807, 2.05) is 30.3 Å². The van der Waals surface area contributed by atoms with Crippen LogP contribution >= 0.6 is 22.9 Å². The molecule has 4 nitrogen and oxygen atoms in total. The first-order valence-corrected chi connectivity index (χ1v) is 7.44. The summed E-state index contributed by atoms with van der Waals surface area (Å²) >= 11 is 7.41. The second-order valence-corrected chi connectivity index (χ2v) is 5.99. The second-order valence-electron chi connectivity index (χ2n) is 4.42. The smallest absolute Gasteiger partial charge is 0.345 e. The highest BCUT2D eigenvalue weighted by atomic mass is 35.5. The summed E-state index contributed by atoms with van der Waals surface area (Å²) in [5.74, 6) is -0.898. The van der Waals surface area contributed by atoms with Crippen molar-refractivity contribution in [1.29, 1.82) is 0 Å². The van der Waals surface area contributed by atoms with Crippen molar-refractivity contribution in [2.24, 2.45) is 0 Å². The molecule has 3 aromatic rings. The van der Waals surface area contributed by atoms with Crippen molar-refractivity contribution in [3.8, 4) is 0 Å². The number of aromatic carboxylic acids is 1. The Labute approximate surface area is 130 Å². The number of rotatable bonds is 4. The Balaban J connectivity index is 1.85. The van der Waals surface area contributed by atoms with E-state index in [1.54, 1.807) is 12.3 Å². The van der Waals surface area contributed by atoms with E-state index in [2.05, 4.69) is 10.3 Å². The van der Waals surface area contributed by atoms with Crippen LogP contribution in [0.4, 0.5) is 5.69 Å². The number of halogens is 1. The highest BCUT2D eigenvalue weighted by molar-refractivity contribution is 7.13. The molecule has 2 aromatic heterocycles. The third-order valence-corrected chi connectivity index (χ3v) is 4.44. The minimum atomic E-state index is -0.898. The van der Waals surface area contributed by atoms with Gasteiger partial charge in [0.25, 0.3) is 0 Å². The Bertz CT molecular complexity index is 816. The maximum absolute atomic E-state index is 10.9. The number of nitrogens with zero attached hydrogens (tertiary/aromatic N) is 1. The number of benzene rings is 1. The molecule has 1 aromatic carbocycles. The average Bonchev–Trinajstić information content (AvgIpc) is 2.96. The van der Waals surface area contributed by atoms with Gasteiger partial charge in [-0.15, -0.1) is 11.3 Å². The molecule has 0 aliphatic carbocycles. The summed E-state index contributed by atoms with van der Waals surface area (Å²) < 4.78 is 0. The molecule has 2 N–H and O–H groups in total. The maximum Gasteiger partial charge on any atom is 0.345 e. The van der Waals surface area contributed by atoms with Gasteiger partial charge in [0.05, 0.1) is 16.2 Å². The Morgan fingerprint density at radius 3 is 2.90 bits per heavy atom. The number of aromatic nitrogens is 1. The van der Waals surface area contributed by atoms with Crippen molar-refractivity contribution in [3.05, 3.63) is 57.4 Å². The average molecular weight is 319 g/mol. The van der Waals surface area contributed by atoms with Gasteiger partial charge >= 0.3 is 5.97 Å². The zero-order valence-corrected chi connectivity index (χ0v) is 12.4. The number of nitrogens with one attached hydrogen (secondary N) is 1. The molecule has 2 heterocycles. The van der Waals surface area contributed by atoms with Crippen molar-refractivity contribution < 1.29 is 9.90 Å². The van der Waals surface area contributed by atoms with Crippen molar-refractivity contribution in [3.63, 3.8) is 0 Å². The summed E-state index contributed by atoms with van der Waals surface area (Å²) in [5, 5.41) is 13.8. The van der Waals surface area contributed by atoms with Crippen LogP contribution in [-0.2, 0) is 6.54 Å². The van der Waals surface area contributed by atoms with Gasteiger partial charge in [-0.3, -0.25) is 4.98 Å². The van der Waals surface area contributed by atoms with Gasteiger partial charge in [0.2, 0.25) is 0 Å². The first kappa shape index (κ1) is 13.9. The number of pyridine rings is 1. The van der Waals surface area contributed by atoms with Crippen LogP contribution < -0.4 is 5.32 Å². The minimum absolute atomic E-state index is 0.339. The van der Waals surface area contributed by atoms with E-state index < -0.39 is 5.97 Å². The molecule has 106 valence electrons. The van der Waals surface area contributed by atoms with Crippen molar-refractivity contribution in [1.82, 2.24) is 4.98 Å². The molecular weight excluding hydrogens is 308 g/mol. The molecule has 0 saturated heterocycles. The summed E-state index contributed by atoms with van der Waals surface area (Å²) in [6.45, 7) is 0.547. The van der Waals surface area contributed by atoms with Gasteiger partial charge in [-0.2, -0.15) is 0 Å². The number of hydrogen-bond donors (Lipinski definition) is 2. The van der Waals surface area contributed by atoms with Crippen LogP contribution in [0, 0.1) is 0 Å². The van der Waals surface area contributed by atoms with Gasteiger partial charge in [0.15, 0.2) is 0 Å². The van der Waals surface area contributed by atoms with Crippen molar-refractivity contribution in [2.75, 3.05) is 5.32 Å². The Kier molecular flexibility index (Phi) is 3.77. The van der Waals surface area contributed by atoms with Crippen LogP contribution in [0.15, 0.2) is 42.6 Å². The summed E-state index contributed by atoms with van der Waals surface area (Å²) in [6.07, 6.45) is 1.72. The lowest BCUT2D eigenvalue weighted by Gasteiger charge is -2.09. The quantitative estimate of drug-likeness (QED) is 0.754. The van der Waals surface area contributed by atoms with E-state index in [9.17, 15) is 4.79 Å². The lowest BCUT2D eigenvalue weighted by molar-refractivity contribution is 0.0702. The zero-order valence-electron chi connectivity index (χ0n) is 10.8. The number of carbonyl (C=O) groups is 1. The van der Waals surface area contributed by atoms with E-state index in [1.165, 1.54) is 11.3 Å². The van der Waals surface area contributed by atoms with E-state index in [-0.39, 0.29) is 0 Å². The number of carboxylic acids is 1. The molecule has 0 fully saturated rings. The van der Waals surface area contributed by atoms with E-state index in [4.69, 9.17) is 16.7 Å². The number of carboxylic acid groups (broad SMARTS) is 1. The topological polar surface area (TPSA) is 62.2 Å². The van der Waals surface area contributed by atoms with Crippen LogP contribution in [0.5, 0.6) is 0 Å². The standard InChI is InChI=1S/C15H11ClN2O2S/c16-11-4-5-12(14-10(11)2-1-7-17-14)18-8-9-3-6-13(21-9)15(19)20/h1-7,18H,8H2,(H,19,20). The fourth-order valence-electron chi connectivity index (χ4n) is 2.05. The minimum Gasteiger partial charge on any atom is -0.477 e. The van der Waals surface area contributed by atoms with Crippen molar-refractivity contribution >= 4 is 45.5 Å². The number of fused-ring (bicyclic) bond motifs is 1. The summed E-state index contributed by atoms with van der Waals surface area (Å²) in [5.41, 5.74) is 1.68. The van der Waals surface area contributed by atoms with E-state index >= 15 is 0 Å². The van der Waals surface area contributed by atoms with Gasteiger partial charge in [-0.1, -0.05) is 11.6 Å². The van der Waals surface area contributed by atoms with Gasteiger partial charge in [0.1, 0.15) is 4.88 Å². The van der Waals surface area contributed by atoms with Crippen LogP contribution in [0.25, 0.3) is 10.9 Å². The molecule has 21 heavy (non-hydrogen) atoms. The Hall–Kier alpha value is -2.11. The lowest BCUT2D eigenvalue weighted by Crippen LogP contribution is -1.99. The molecule has 0 bridgehead atoms. The van der Waals surface area contributed by atoms with Crippen LogP contribution in [0.3, 0.4) is 0 Å². The first-order chi connectivity index (χ1) is 10.1. The molecule has 0 radical (unpaired) electrons. The summed E-state index contributed by atoms with van der Waals surface area (Å²) in [4.78, 5) is 16.5. The van der Waals surface area contributed by atoms with Crippen molar-refractivity contribution in [2.45, 2.75) is 6.54 Å². The second kappa shape index (κ2) is 5.71. The largest absolute Gasteiger partial charge is 0.477 e. The van der Waals surface area contributed by atoms with Crippen LogP contribution in [0.2, 0.25) is 5.02 Å². The highest BCUT2D eigenvalue weighted by Crippen LogP contribution is 2.28. The van der Waals surface area contributed by atoms with Gasteiger partial charge in [-0.05, 0) is 36.4 Å². The normalized spacial score (nSPS) is 10.7. The maximum atomic E-state index is 10.9. The third kappa shape index (κ3) is 2.84. The summed E-state index contributed by atoms with van der Waals surface area (Å²) in [7, 11) is 0. The predicted octanol–water partition coefficient (Wildman–Crippen LogP) is 4.26. The molecule has 3 rings (SSSR count). The Morgan fingerprint density at radius 1 is 1.29 bits per heavy atom. The number of hydrogen-bond acceptors (Lipinski definition) is 4. The van der Waals surface area contributed by atoms with E-state index in [0.717, 1.165) is 21.5 Å². The monoisotopic (exact) mass is 318 g/mol. The molecular formula is C15H11ClN2O2S. The zero-order chi connectivity index (χ0) is 14.8. The molecule has 0 amide bonds. The molecule has 0 aliphatic rings. The molecule has 0 saturated carbocycles. The Morgan fingerprint density at radius 2 is 2.14 bits per heavy atom. The molecule has 0 unspecified atom stereocenters. The molecule has 0 aliphatic heterocycles. The highest BCUT2D eigenvalue weighted by Gasteiger charge is 2.08. The lowest BCUT2D eigenvalue weighted by atomic mass is 10.2. The van der Waals surface area contributed by atoms with Gasteiger partial charge < -0.3 is 10.4 Å². The van der Waals surface area contributed by atoms with Crippen LogP contribution in [-0.4, -0.2) is 16.1 Å². The fraction of sp³-hybridized carbons (Fsp3) is 0.0667. The molecule has 0 spiro atoms. The van der Waals surface area contributed by atoms with Gasteiger partial charge in [-0.25, -0.2) is 4.79 Å². The summed E-state index contributed by atoms with van der Waals surface area (Å²) in [6, 6.07) is 10.9. The predicted molar refractivity (Wildman–Crippen MR) is 85.4 cm³/mol. The number of anilines is 1. The first-order valence-electron chi connectivity index (χ1n) is 6.24. The molecule has 6 heteroatoms. The number of thiophene rings is 1. The fourth-order valence-corrected chi connectivity index (χ4v) is 3.05.